The number of carbonyl (C=O) groups is 1. The number of aliphatic carboxylic acids is 1. The van der Waals surface area contributed by atoms with Gasteiger partial charge in [0, 0.05) is 25.7 Å². The first-order chi connectivity index (χ1) is 8.73. The van der Waals surface area contributed by atoms with Crippen LogP contribution >= 0.6 is 0 Å². The molecule has 0 bridgehead atoms. The molecule has 1 fully saturated rings. The molecule has 1 rings (SSSR count). The highest BCUT2D eigenvalue weighted by molar-refractivity contribution is 5.78. The molecule has 0 aromatic heterocycles. The summed E-state index contributed by atoms with van der Waals surface area (Å²) in [6, 6.07) is 0.159. The number of hydrogen-bond donors (Lipinski definition) is 2. The van der Waals surface area contributed by atoms with Gasteiger partial charge in [0.15, 0.2) is 0 Å². The van der Waals surface area contributed by atoms with Crippen LogP contribution in [0.2, 0.25) is 0 Å². The molecule has 112 valence electrons. The van der Waals surface area contributed by atoms with E-state index in [4.69, 9.17) is 0 Å². The molecule has 0 amide bonds. The van der Waals surface area contributed by atoms with Crippen LogP contribution in [0.5, 0.6) is 0 Å². The van der Waals surface area contributed by atoms with E-state index in [2.05, 4.69) is 22.2 Å². The molecule has 5 nitrogen and oxygen atoms in total. The predicted molar refractivity (Wildman–Crippen MR) is 77.4 cm³/mol. The van der Waals surface area contributed by atoms with Crippen LogP contribution < -0.4 is 5.32 Å². The molecular weight excluding hydrogens is 242 g/mol. The Morgan fingerprint density at radius 2 is 2.21 bits per heavy atom. The van der Waals surface area contributed by atoms with Crippen molar-refractivity contribution >= 4 is 5.97 Å². The smallest absolute Gasteiger partial charge is 0.324 e. The molecule has 1 aliphatic heterocycles. The van der Waals surface area contributed by atoms with Crippen molar-refractivity contribution in [3.8, 4) is 0 Å². The van der Waals surface area contributed by atoms with Gasteiger partial charge in [0.05, 0.1) is 0 Å². The van der Waals surface area contributed by atoms with Crippen molar-refractivity contribution in [2.45, 2.75) is 38.8 Å². The molecule has 0 aromatic rings. The second kappa shape index (κ2) is 6.68. The lowest BCUT2D eigenvalue weighted by Gasteiger charge is -2.33. The zero-order valence-electron chi connectivity index (χ0n) is 12.9. The maximum Gasteiger partial charge on any atom is 0.324 e. The van der Waals surface area contributed by atoms with Gasteiger partial charge < -0.3 is 14.9 Å². The van der Waals surface area contributed by atoms with E-state index in [-0.39, 0.29) is 6.04 Å². The average Bonchev–Trinajstić information content (AvgIpc) is 2.61. The van der Waals surface area contributed by atoms with Gasteiger partial charge in [-0.25, -0.2) is 0 Å². The third-order valence-electron chi connectivity index (χ3n) is 3.72. The molecule has 1 aliphatic rings. The standard InChI is InChI=1S/C14H29N3O2/c1-11(2)15-14(3,13(18)19)10-17(5)9-12-6-7-16(4)8-12/h11-12,15H,6-10H2,1-5H3,(H,18,19). The average molecular weight is 271 g/mol. The number of likely N-dealkylation sites (N-methyl/N-ethyl adjacent to an activating group) is 1. The van der Waals surface area contributed by atoms with Crippen molar-refractivity contribution in [1.82, 2.24) is 15.1 Å². The van der Waals surface area contributed by atoms with Crippen LogP contribution in [0.15, 0.2) is 0 Å². The third kappa shape index (κ3) is 5.09. The summed E-state index contributed by atoms with van der Waals surface area (Å²) in [7, 11) is 4.16. The molecule has 2 atom stereocenters. The molecule has 19 heavy (non-hydrogen) atoms. The van der Waals surface area contributed by atoms with E-state index in [0.717, 1.165) is 19.6 Å². The van der Waals surface area contributed by atoms with Crippen LogP contribution in [0.4, 0.5) is 0 Å². The predicted octanol–water partition coefficient (Wildman–Crippen LogP) is 0.711. The fourth-order valence-corrected chi connectivity index (χ4v) is 3.03. The zero-order valence-corrected chi connectivity index (χ0v) is 12.9. The number of nitrogens with one attached hydrogen (secondary N) is 1. The quantitative estimate of drug-likeness (QED) is 0.714. The van der Waals surface area contributed by atoms with Gasteiger partial charge in [0.2, 0.25) is 0 Å². The largest absolute Gasteiger partial charge is 0.480 e. The van der Waals surface area contributed by atoms with Crippen LogP contribution in [0.3, 0.4) is 0 Å². The summed E-state index contributed by atoms with van der Waals surface area (Å²) in [6.07, 6.45) is 1.21. The Balaban J connectivity index is 2.51. The molecule has 2 unspecified atom stereocenters. The molecule has 0 radical (unpaired) electrons. The lowest BCUT2D eigenvalue weighted by atomic mass is 9.99. The Morgan fingerprint density at radius 1 is 1.58 bits per heavy atom. The van der Waals surface area contributed by atoms with Crippen LogP contribution in [-0.4, -0.2) is 72.7 Å². The molecule has 0 aromatic carbocycles. The highest BCUT2D eigenvalue weighted by atomic mass is 16.4. The number of likely N-dealkylation sites (tertiary alicyclic amines) is 1. The minimum Gasteiger partial charge on any atom is -0.480 e. The molecule has 2 N–H and O–H groups in total. The van der Waals surface area contributed by atoms with Gasteiger partial charge in [-0.3, -0.25) is 10.1 Å². The Bertz CT molecular complexity index is 309. The van der Waals surface area contributed by atoms with Crippen molar-refractivity contribution < 1.29 is 9.90 Å². The minimum absolute atomic E-state index is 0.159. The Hall–Kier alpha value is -0.650. The minimum atomic E-state index is -0.882. The van der Waals surface area contributed by atoms with Crippen molar-refractivity contribution in [3.05, 3.63) is 0 Å². The van der Waals surface area contributed by atoms with Gasteiger partial charge in [-0.05, 0) is 53.8 Å². The van der Waals surface area contributed by atoms with Crippen molar-refractivity contribution in [1.29, 1.82) is 0 Å². The van der Waals surface area contributed by atoms with Crippen LogP contribution in [-0.2, 0) is 4.79 Å². The number of hydrogen-bond acceptors (Lipinski definition) is 4. The fourth-order valence-electron chi connectivity index (χ4n) is 3.03. The van der Waals surface area contributed by atoms with Crippen LogP contribution in [0.1, 0.15) is 27.2 Å². The summed E-state index contributed by atoms with van der Waals surface area (Å²) in [5.74, 6) is -0.122. The monoisotopic (exact) mass is 271 g/mol. The highest BCUT2D eigenvalue weighted by Crippen LogP contribution is 2.16. The number of carboxylic acid groups (broad SMARTS) is 1. The van der Waals surface area contributed by atoms with Gasteiger partial charge in [-0.15, -0.1) is 0 Å². The summed E-state index contributed by atoms with van der Waals surface area (Å²) < 4.78 is 0. The van der Waals surface area contributed by atoms with E-state index >= 15 is 0 Å². The molecular formula is C14H29N3O2. The van der Waals surface area contributed by atoms with Gasteiger partial charge in [0.25, 0.3) is 0 Å². The molecule has 0 saturated carbocycles. The van der Waals surface area contributed by atoms with Crippen LogP contribution in [0, 0.1) is 5.92 Å². The summed E-state index contributed by atoms with van der Waals surface area (Å²) in [5, 5.41) is 12.6. The molecule has 1 heterocycles. The van der Waals surface area contributed by atoms with Gasteiger partial charge >= 0.3 is 5.97 Å². The third-order valence-corrected chi connectivity index (χ3v) is 3.72. The Morgan fingerprint density at radius 3 is 2.63 bits per heavy atom. The summed E-state index contributed by atoms with van der Waals surface area (Å²) in [6.45, 7) is 9.49. The summed E-state index contributed by atoms with van der Waals surface area (Å²) >= 11 is 0. The molecule has 5 heteroatoms. The normalized spacial score (nSPS) is 24.1. The van der Waals surface area contributed by atoms with Gasteiger partial charge in [-0.2, -0.15) is 0 Å². The van der Waals surface area contributed by atoms with Crippen molar-refractivity contribution in [2.75, 3.05) is 40.3 Å². The van der Waals surface area contributed by atoms with E-state index in [0.29, 0.717) is 12.5 Å². The maximum atomic E-state index is 11.5. The molecule has 1 saturated heterocycles. The first-order valence-electron chi connectivity index (χ1n) is 7.11. The lowest BCUT2D eigenvalue weighted by Crippen LogP contribution is -2.58. The van der Waals surface area contributed by atoms with Gasteiger partial charge in [-0.1, -0.05) is 0 Å². The van der Waals surface area contributed by atoms with Crippen molar-refractivity contribution in [3.63, 3.8) is 0 Å². The first kappa shape index (κ1) is 16.4. The molecule has 0 spiro atoms. The topological polar surface area (TPSA) is 55.8 Å². The number of nitrogens with zero attached hydrogens (tertiary/aromatic N) is 2. The van der Waals surface area contributed by atoms with Crippen LogP contribution in [0.25, 0.3) is 0 Å². The fraction of sp³-hybridized carbons (Fsp3) is 0.929. The lowest BCUT2D eigenvalue weighted by molar-refractivity contribution is -0.145. The molecule has 0 aliphatic carbocycles. The second-order valence-electron chi connectivity index (χ2n) is 6.55. The van der Waals surface area contributed by atoms with E-state index in [1.54, 1.807) is 6.92 Å². The van der Waals surface area contributed by atoms with Crippen molar-refractivity contribution in [2.24, 2.45) is 5.92 Å². The highest BCUT2D eigenvalue weighted by Gasteiger charge is 2.35. The number of rotatable bonds is 7. The zero-order chi connectivity index (χ0) is 14.6. The number of carboxylic acids is 1. The Kier molecular flexibility index (Phi) is 5.77. The maximum absolute atomic E-state index is 11.5. The first-order valence-corrected chi connectivity index (χ1v) is 7.11. The van der Waals surface area contributed by atoms with Gasteiger partial charge in [0.1, 0.15) is 5.54 Å². The summed E-state index contributed by atoms with van der Waals surface area (Å²) in [4.78, 5) is 16.0. The second-order valence-corrected chi connectivity index (χ2v) is 6.55. The van der Waals surface area contributed by atoms with E-state index < -0.39 is 11.5 Å². The summed E-state index contributed by atoms with van der Waals surface area (Å²) in [5.41, 5.74) is -0.882. The Labute approximate surface area is 117 Å². The van der Waals surface area contributed by atoms with E-state index in [9.17, 15) is 9.90 Å². The van der Waals surface area contributed by atoms with E-state index in [1.807, 2.05) is 20.9 Å². The van der Waals surface area contributed by atoms with E-state index in [1.165, 1.54) is 6.42 Å². The SMILES string of the molecule is CC(C)NC(C)(CN(C)CC1CCN(C)C1)C(=O)O.